The van der Waals surface area contributed by atoms with Crippen molar-refractivity contribution in [2.45, 2.75) is 62.1 Å². The Bertz CT molecular complexity index is 1490. The molecular weight excluding hydrogens is 543 g/mol. The number of nitrogens with zero attached hydrogens (tertiary/aromatic N) is 4. The summed E-state index contributed by atoms with van der Waals surface area (Å²) >= 11 is 0. The van der Waals surface area contributed by atoms with Crippen LogP contribution >= 0.6 is 0 Å². The summed E-state index contributed by atoms with van der Waals surface area (Å²) < 4.78 is 78.4. The second kappa shape index (κ2) is 9.65. The van der Waals surface area contributed by atoms with Gasteiger partial charge in [-0.1, -0.05) is 6.07 Å². The maximum Gasteiger partial charge on any atom is 0.417 e. The first kappa shape index (κ1) is 26.6. The zero-order valence-corrected chi connectivity index (χ0v) is 22.4. The van der Waals surface area contributed by atoms with Gasteiger partial charge in [-0.25, -0.2) is 8.78 Å². The molecule has 5 heterocycles. The Balaban J connectivity index is 1.33. The number of anilines is 2. The van der Waals surface area contributed by atoms with E-state index in [9.17, 15) is 17.6 Å². The van der Waals surface area contributed by atoms with Crippen molar-refractivity contribution in [3.63, 3.8) is 0 Å². The number of nitrogens with one attached hydrogen (secondary N) is 1. The van der Waals surface area contributed by atoms with Crippen LogP contribution in [0.15, 0.2) is 30.3 Å². The fourth-order valence-electron chi connectivity index (χ4n) is 7.29. The number of piperazine rings is 1. The van der Waals surface area contributed by atoms with Crippen LogP contribution in [-0.4, -0.2) is 71.4 Å². The first-order chi connectivity index (χ1) is 19.6. The van der Waals surface area contributed by atoms with E-state index in [0.29, 0.717) is 37.3 Å². The van der Waals surface area contributed by atoms with Gasteiger partial charge in [0.2, 0.25) is 0 Å². The van der Waals surface area contributed by atoms with Gasteiger partial charge in [0, 0.05) is 54.8 Å². The van der Waals surface area contributed by atoms with Crippen molar-refractivity contribution in [3.8, 4) is 17.1 Å². The minimum absolute atomic E-state index is 0.0680. The first-order valence-electron chi connectivity index (χ1n) is 14.1. The second-order valence-electron chi connectivity index (χ2n) is 11.9. The normalized spacial score (nSPS) is 28.0. The smallest absolute Gasteiger partial charge is 0.417 e. The van der Waals surface area contributed by atoms with Crippen LogP contribution in [0.2, 0.25) is 0 Å². The summed E-state index contributed by atoms with van der Waals surface area (Å²) in [6.45, 7) is 2.60. The van der Waals surface area contributed by atoms with Gasteiger partial charge in [0.1, 0.15) is 24.1 Å². The molecule has 4 saturated heterocycles. The van der Waals surface area contributed by atoms with Gasteiger partial charge in [0.05, 0.1) is 11.1 Å². The Kier molecular flexibility index (Phi) is 6.27. The van der Waals surface area contributed by atoms with E-state index < -0.39 is 29.3 Å². The third-order valence-electron chi connectivity index (χ3n) is 9.15. The molecule has 7 rings (SSSR count). The van der Waals surface area contributed by atoms with Crippen molar-refractivity contribution in [1.29, 1.82) is 0 Å². The summed E-state index contributed by atoms with van der Waals surface area (Å²) in [5.74, 6) is -0.427. The van der Waals surface area contributed by atoms with Crippen LogP contribution in [0, 0.1) is 5.82 Å². The molecule has 3 aromatic rings. The molecule has 1 aromatic heterocycles. The minimum atomic E-state index is -4.71. The fraction of sp³-hybridized carbons (Fsp3) is 0.517. The van der Waals surface area contributed by atoms with Crippen molar-refractivity contribution in [3.05, 3.63) is 41.7 Å². The molecule has 0 amide bonds. The Morgan fingerprint density at radius 2 is 1.83 bits per heavy atom. The van der Waals surface area contributed by atoms with Crippen molar-refractivity contribution < 1.29 is 26.7 Å². The van der Waals surface area contributed by atoms with Crippen molar-refractivity contribution in [2.75, 3.05) is 43.4 Å². The van der Waals surface area contributed by atoms with Gasteiger partial charge in [0.15, 0.2) is 5.82 Å². The Labute approximate surface area is 233 Å². The van der Waals surface area contributed by atoms with E-state index in [0.717, 1.165) is 50.4 Å². The van der Waals surface area contributed by atoms with Crippen LogP contribution < -0.4 is 20.7 Å². The zero-order valence-electron chi connectivity index (χ0n) is 22.4. The molecule has 0 saturated carbocycles. The zero-order chi connectivity index (χ0) is 28.5. The highest BCUT2D eigenvalue weighted by atomic mass is 19.4. The number of nitrogens with two attached hydrogens (primary N) is 1. The molecule has 7 nitrogen and oxygen atoms in total. The lowest BCUT2D eigenvalue weighted by molar-refractivity contribution is -0.137. The number of aromatic nitrogens is 2. The number of benzene rings is 2. The third kappa shape index (κ3) is 4.64. The Hall–Kier alpha value is -3.25. The summed E-state index contributed by atoms with van der Waals surface area (Å²) in [5.41, 5.74) is 3.71. The number of rotatable bonds is 5. The highest BCUT2D eigenvalue weighted by Gasteiger charge is 2.49. The molecule has 4 aliphatic heterocycles. The van der Waals surface area contributed by atoms with Crippen molar-refractivity contribution in [2.24, 2.45) is 0 Å². The maximum absolute atomic E-state index is 16.3. The lowest BCUT2D eigenvalue weighted by Gasteiger charge is -2.34. The molecule has 0 aliphatic carbocycles. The molecule has 0 unspecified atom stereocenters. The van der Waals surface area contributed by atoms with Crippen LogP contribution in [0.1, 0.15) is 37.7 Å². The molecule has 218 valence electrons. The van der Waals surface area contributed by atoms with Crippen molar-refractivity contribution in [1.82, 2.24) is 20.2 Å². The quantitative estimate of drug-likeness (QED) is 0.331. The van der Waals surface area contributed by atoms with Crippen molar-refractivity contribution >= 4 is 22.4 Å². The van der Waals surface area contributed by atoms with E-state index in [1.165, 1.54) is 6.07 Å². The van der Waals surface area contributed by atoms with Gasteiger partial charge in [-0.3, -0.25) is 4.90 Å². The number of nitrogen functional groups attached to an aromatic ring is 1. The average molecular weight is 575 g/mol. The predicted octanol–water partition coefficient (Wildman–Crippen LogP) is 4.93. The van der Waals surface area contributed by atoms with Gasteiger partial charge < -0.3 is 20.7 Å². The SMILES string of the molecule is Nc1ccc(C(F)(F)F)c(-c2ccc3c(N4C[C@H]5CC[C@@H](C4)N5)nc(OC[C@@]45CCCN4C[C@H](F)C5)nc3c2F)c1. The summed E-state index contributed by atoms with van der Waals surface area (Å²) in [6.07, 6.45) is -1.55. The topological polar surface area (TPSA) is 79.5 Å². The van der Waals surface area contributed by atoms with Crippen LogP contribution in [0.5, 0.6) is 6.01 Å². The molecule has 0 radical (unpaired) electrons. The van der Waals surface area contributed by atoms with E-state index >= 15 is 4.39 Å². The summed E-state index contributed by atoms with van der Waals surface area (Å²) in [5, 5.41) is 3.95. The largest absolute Gasteiger partial charge is 0.461 e. The fourth-order valence-corrected chi connectivity index (χ4v) is 7.29. The Morgan fingerprint density at radius 1 is 1.05 bits per heavy atom. The van der Waals surface area contributed by atoms with Crippen LogP contribution in [0.3, 0.4) is 0 Å². The standard InChI is InChI=1S/C29H31F5N6O/c30-16-11-28(8-1-9-40(28)12-16)15-41-27-37-25-21(26(38-27)39-13-18-3-4-19(14-39)36-18)6-5-20(24(25)31)22-10-17(35)2-7-23(22)29(32,33)34/h2,5-7,10,16,18-19,36H,1,3-4,8-9,11-15,35H2/t16-,18-,19+,28+/m1/s1. The number of fused-ring (bicyclic) bond motifs is 4. The molecule has 4 fully saturated rings. The molecular formula is C29H31F5N6O. The molecule has 2 aromatic carbocycles. The summed E-state index contributed by atoms with van der Waals surface area (Å²) in [7, 11) is 0. The van der Waals surface area contributed by atoms with Gasteiger partial charge in [0.25, 0.3) is 0 Å². The van der Waals surface area contributed by atoms with Crippen LogP contribution in [0.4, 0.5) is 33.5 Å². The molecule has 3 N–H and O–H groups in total. The third-order valence-corrected chi connectivity index (χ3v) is 9.15. The predicted molar refractivity (Wildman–Crippen MR) is 145 cm³/mol. The molecule has 4 atom stereocenters. The Morgan fingerprint density at radius 3 is 2.59 bits per heavy atom. The molecule has 4 aliphatic rings. The minimum Gasteiger partial charge on any atom is -0.461 e. The maximum atomic E-state index is 16.3. The number of hydrogen-bond acceptors (Lipinski definition) is 7. The lowest BCUT2D eigenvalue weighted by atomic mass is 9.95. The number of hydrogen-bond donors (Lipinski definition) is 2. The molecule has 41 heavy (non-hydrogen) atoms. The number of ether oxygens (including phenoxy) is 1. The van der Waals surface area contributed by atoms with E-state index in [1.807, 2.05) is 0 Å². The summed E-state index contributed by atoms with van der Waals surface area (Å²) in [6, 6.07) is 6.50. The first-order valence-corrected chi connectivity index (χ1v) is 14.1. The molecule has 12 heteroatoms. The number of halogens is 5. The molecule has 2 bridgehead atoms. The van der Waals surface area contributed by atoms with Gasteiger partial charge >= 0.3 is 12.2 Å². The van der Waals surface area contributed by atoms with E-state index in [1.54, 1.807) is 6.07 Å². The van der Waals surface area contributed by atoms with Gasteiger partial charge in [-0.2, -0.15) is 23.1 Å². The highest BCUT2D eigenvalue weighted by Crippen LogP contribution is 2.43. The van der Waals surface area contributed by atoms with Gasteiger partial charge in [-0.05, 0) is 62.1 Å². The number of alkyl halides is 4. The second-order valence-corrected chi connectivity index (χ2v) is 11.9. The molecule has 0 spiro atoms. The van der Waals surface area contributed by atoms with Gasteiger partial charge in [-0.15, -0.1) is 0 Å². The average Bonchev–Trinajstić information content (AvgIpc) is 3.57. The monoisotopic (exact) mass is 574 g/mol. The lowest BCUT2D eigenvalue weighted by Crippen LogP contribution is -2.51. The van der Waals surface area contributed by atoms with E-state index in [4.69, 9.17) is 15.5 Å². The van der Waals surface area contributed by atoms with Crippen LogP contribution in [-0.2, 0) is 6.18 Å². The van der Waals surface area contributed by atoms with Crippen LogP contribution in [0.25, 0.3) is 22.0 Å². The van der Waals surface area contributed by atoms with E-state index in [-0.39, 0.29) is 47.0 Å². The van der Waals surface area contributed by atoms with E-state index in [2.05, 4.69) is 20.1 Å². The highest BCUT2D eigenvalue weighted by molar-refractivity contribution is 5.94. The summed E-state index contributed by atoms with van der Waals surface area (Å²) in [4.78, 5) is 13.3.